The SMILES string of the molecule is COc1ccc(C2NC(=O)N(Cc3nc(C4CC4)no3)C3=C2C(=O)OC3)cc1. The van der Waals surface area contributed by atoms with E-state index in [1.54, 1.807) is 19.2 Å². The highest BCUT2D eigenvalue weighted by atomic mass is 16.5. The Kier molecular flexibility index (Phi) is 3.81. The molecule has 0 bridgehead atoms. The molecule has 9 nitrogen and oxygen atoms in total. The minimum absolute atomic E-state index is 0.0395. The Morgan fingerprint density at radius 2 is 2.04 bits per heavy atom. The fraction of sp³-hybridized carbons (Fsp3) is 0.368. The Morgan fingerprint density at radius 1 is 1.25 bits per heavy atom. The van der Waals surface area contributed by atoms with Gasteiger partial charge in [-0.2, -0.15) is 4.98 Å². The fourth-order valence-corrected chi connectivity index (χ4v) is 3.50. The summed E-state index contributed by atoms with van der Waals surface area (Å²) in [6, 6.07) is 6.28. The zero-order valence-electron chi connectivity index (χ0n) is 15.2. The van der Waals surface area contributed by atoms with Gasteiger partial charge in [-0.25, -0.2) is 9.59 Å². The first-order chi connectivity index (χ1) is 13.6. The second kappa shape index (κ2) is 6.36. The summed E-state index contributed by atoms with van der Waals surface area (Å²) in [5.41, 5.74) is 1.72. The van der Waals surface area contributed by atoms with Crippen LogP contribution in [0.4, 0.5) is 4.79 Å². The standard InChI is InChI=1S/C19H18N4O5/c1-26-12-6-4-10(5-7-12)16-15-13(9-27-18(15)24)23(19(25)21-16)8-14-20-17(22-28-14)11-2-3-11/h4-7,11,16H,2-3,8-9H2,1H3,(H,21,25). The fourth-order valence-electron chi connectivity index (χ4n) is 3.50. The summed E-state index contributed by atoms with van der Waals surface area (Å²) in [7, 11) is 1.58. The van der Waals surface area contributed by atoms with Gasteiger partial charge in [0.05, 0.1) is 24.4 Å². The highest BCUT2D eigenvalue weighted by molar-refractivity contribution is 5.97. The quantitative estimate of drug-likeness (QED) is 0.789. The molecule has 0 radical (unpaired) electrons. The molecule has 2 amide bonds. The van der Waals surface area contributed by atoms with E-state index >= 15 is 0 Å². The van der Waals surface area contributed by atoms with E-state index in [0.29, 0.717) is 34.7 Å². The average molecular weight is 382 g/mol. The molecule has 144 valence electrons. The molecule has 5 rings (SSSR count). The molecule has 0 spiro atoms. The van der Waals surface area contributed by atoms with E-state index in [1.807, 2.05) is 12.1 Å². The maximum absolute atomic E-state index is 12.8. The number of cyclic esters (lactones) is 1. The van der Waals surface area contributed by atoms with Gasteiger partial charge in [0.2, 0.25) is 5.89 Å². The van der Waals surface area contributed by atoms with Crippen molar-refractivity contribution in [1.82, 2.24) is 20.4 Å². The minimum atomic E-state index is -0.579. The number of ether oxygens (including phenoxy) is 2. The lowest BCUT2D eigenvalue weighted by Crippen LogP contribution is -2.46. The van der Waals surface area contributed by atoms with Crippen LogP contribution in [0.3, 0.4) is 0 Å². The number of hydrogen-bond acceptors (Lipinski definition) is 7. The van der Waals surface area contributed by atoms with Crippen LogP contribution in [0.25, 0.3) is 0 Å². The van der Waals surface area contributed by atoms with Gasteiger partial charge in [-0.15, -0.1) is 0 Å². The Bertz CT molecular complexity index is 976. The van der Waals surface area contributed by atoms with Gasteiger partial charge in [-0.1, -0.05) is 17.3 Å². The molecule has 3 aliphatic rings. The van der Waals surface area contributed by atoms with E-state index in [4.69, 9.17) is 14.0 Å². The molecule has 1 unspecified atom stereocenters. The first-order valence-electron chi connectivity index (χ1n) is 9.08. The zero-order valence-corrected chi connectivity index (χ0v) is 15.2. The monoisotopic (exact) mass is 382 g/mol. The molecule has 1 N–H and O–H groups in total. The highest BCUT2D eigenvalue weighted by Gasteiger charge is 2.42. The lowest BCUT2D eigenvalue weighted by molar-refractivity contribution is -0.136. The number of amides is 2. The van der Waals surface area contributed by atoms with Gasteiger partial charge < -0.3 is 19.3 Å². The van der Waals surface area contributed by atoms with Crippen molar-refractivity contribution >= 4 is 12.0 Å². The number of methoxy groups -OCH3 is 1. The molecule has 1 aromatic heterocycles. The second-order valence-electron chi connectivity index (χ2n) is 7.00. The van der Waals surface area contributed by atoms with Crippen LogP contribution in [-0.2, 0) is 16.1 Å². The molecule has 9 heteroatoms. The summed E-state index contributed by atoms with van der Waals surface area (Å²) in [4.78, 5) is 31.0. The first kappa shape index (κ1) is 16.8. The van der Waals surface area contributed by atoms with Crippen molar-refractivity contribution in [1.29, 1.82) is 0 Å². The normalized spacial score (nSPS) is 21.5. The summed E-state index contributed by atoms with van der Waals surface area (Å²) in [6.07, 6.45) is 2.12. The molecule has 2 aliphatic heterocycles. The van der Waals surface area contributed by atoms with Gasteiger partial charge in [0.25, 0.3) is 0 Å². The van der Waals surface area contributed by atoms with E-state index in [2.05, 4.69) is 15.5 Å². The van der Waals surface area contributed by atoms with Crippen LogP contribution in [0.5, 0.6) is 5.75 Å². The van der Waals surface area contributed by atoms with Crippen LogP contribution in [-0.4, -0.2) is 40.8 Å². The van der Waals surface area contributed by atoms with Crippen molar-refractivity contribution in [2.45, 2.75) is 31.3 Å². The Balaban J connectivity index is 1.46. The smallest absolute Gasteiger partial charge is 0.338 e. The number of aromatic nitrogens is 2. The molecule has 1 saturated carbocycles. The molecule has 0 saturated heterocycles. The lowest BCUT2D eigenvalue weighted by atomic mass is 9.95. The molecule has 1 aliphatic carbocycles. The van der Waals surface area contributed by atoms with Gasteiger partial charge >= 0.3 is 12.0 Å². The van der Waals surface area contributed by atoms with Gasteiger partial charge in [-0.05, 0) is 30.5 Å². The predicted molar refractivity (Wildman–Crippen MR) is 94.1 cm³/mol. The number of rotatable bonds is 5. The van der Waals surface area contributed by atoms with E-state index in [-0.39, 0.29) is 19.2 Å². The second-order valence-corrected chi connectivity index (χ2v) is 7.00. The molecule has 1 aromatic carbocycles. The molecule has 2 aromatic rings. The van der Waals surface area contributed by atoms with Gasteiger partial charge in [-0.3, -0.25) is 4.90 Å². The van der Waals surface area contributed by atoms with Crippen LogP contribution in [0.2, 0.25) is 0 Å². The molecule has 1 fully saturated rings. The molecule has 28 heavy (non-hydrogen) atoms. The Hall–Kier alpha value is -3.36. The summed E-state index contributed by atoms with van der Waals surface area (Å²) in [5, 5.41) is 6.86. The van der Waals surface area contributed by atoms with E-state index in [0.717, 1.165) is 18.4 Å². The number of carbonyl (C=O) groups excluding carboxylic acids is 2. The molecule has 1 atom stereocenters. The maximum atomic E-state index is 12.8. The Labute approximate surface area is 160 Å². The van der Waals surface area contributed by atoms with Crippen LogP contribution in [0, 0.1) is 0 Å². The third kappa shape index (κ3) is 2.79. The van der Waals surface area contributed by atoms with Gasteiger partial charge in [0.1, 0.15) is 18.9 Å². The maximum Gasteiger partial charge on any atom is 0.338 e. The van der Waals surface area contributed by atoms with Gasteiger partial charge in [0, 0.05) is 5.92 Å². The van der Waals surface area contributed by atoms with Crippen LogP contribution < -0.4 is 10.1 Å². The summed E-state index contributed by atoms with van der Waals surface area (Å²) >= 11 is 0. The Morgan fingerprint density at radius 3 is 2.75 bits per heavy atom. The third-order valence-corrected chi connectivity index (χ3v) is 5.17. The average Bonchev–Trinajstić information content (AvgIpc) is 3.34. The topological polar surface area (TPSA) is 107 Å². The van der Waals surface area contributed by atoms with Crippen molar-refractivity contribution in [3.8, 4) is 5.75 Å². The number of hydrogen-bond donors (Lipinski definition) is 1. The number of nitrogens with zero attached hydrogens (tertiary/aromatic N) is 3. The first-order valence-corrected chi connectivity index (χ1v) is 9.08. The summed E-state index contributed by atoms with van der Waals surface area (Å²) < 4.78 is 15.7. The predicted octanol–water partition coefficient (Wildman–Crippen LogP) is 2.03. The number of esters is 1. The van der Waals surface area contributed by atoms with E-state index in [9.17, 15) is 9.59 Å². The molecular formula is C19H18N4O5. The lowest BCUT2D eigenvalue weighted by Gasteiger charge is -2.32. The van der Waals surface area contributed by atoms with Crippen molar-refractivity contribution in [2.75, 3.05) is 13.7 Å². The highest BCUT2D eigenvalue weighted by Crippen LogP contribution is 2.39. The van der Waals surface area contributed by atoms with Crippen molar-refractivity contribution < 1.29 is 23.6 Å². The van der Waals surface area contributed by atoms with Crippen LogP contribution >= 0.6 is 0 Å². The summed E-state index contributed by atoms with van der Waals surface area (Å²) in [6.45, 7) is 0.133. The number of carbonyl (C=O) groups is 2. The van der Waals surface area contributed by atoms with E-state index < -0.39 is 12.0 Å². The van der Waals surface area contributed by atoms with Crippen molar-refractivity contribution in [3.05, 3.63) is 52.8 Å². The molecular weight excluding hydrogens is 364 g/mol. The molecule has 3 heterocycles. The number of urea groups is 1. The largest absolute Gasteiger partial charge is 0.497 e. The zero-order chi connectivity index (χ0) is 19.3. The number of benzene rings is 1. The van der Waals surface area contributed by atoms with Crippen molar-refractivity contribution in [2.24, 2.45) is 0 Å². The van der Waals surface area contributed by atoms with Crippen LogP contribution in [0.15, 0.2) is 40.1 Å². The van der Waals surface area contributed by atoms with Crippen molar-refractivity contribution in [3.63, 3.8) is 0 Å². The minimum Gasteiger partial charge on any atom is -0.497 e. The van der Waals surface area contributed by atoms with Gasteiger partial charge in [0.15, 0.2) is 5.82 Å². The number of nitrogens with one attached hydrogen (secondary N) is 1. The summed E-state index contributed by atoms with van der Waals surface area (Å²) in [5.74, 6) is 1.63. The van der Waals surface area contributed by atoms with E-state index in [1.165, 1.54) is 4.90 Å². The third-order valence-electron chi connectivity index (χ3n) is 5.17. The van der Waals surface area contributed by atoms with Crippen LogP contribution in [0.1, 0.15) is 42.1 Å².